The van der Waals surface area contributed by atoms with Gasteiger partial charge in [0.05, 0.1) is 11.7 Å². The van der Waals surface area contributed by atoms with Gasteiger partial charge in [-0.05, 0) is 31.2 Å². The molecule has 2 aromatic rings. The molecule has 0 bridgehead atoms. The van der Waals surface area contributed by atoms with Crippen LogP contribution in [0.25, 0.3) is 0 Å². The fourth-order valence-corrected chi connectivity index (χ4v) is 3.27. The van der Waals surface area contributed by atoms with Crippen LogP contribution in [0.3, 0.4) is 0 Å². The molecule has 1 amide bonds. The number of rotatable bonds is 2. The third kappa shape index (κ3) is 1.95. The molecule has 1 fully saturated rings. The highest BCUT2D eigenvalue weighted by Gasteiger charge is 2.32. The van der Waals surface area contributed by atoms with E-state index in [4.69, 9.17) is 4.52 Å². The van der Waals surface area contributed by atoms with E-state index in [1.165, 1.54) is 4.88 Å². The van der Waals surface area contributed by atoms with Crippen LogP contribution in [-0.2, 0) is 0 Å². The number of aromatic nitrogens is 1. The minimum atomic E-state index is -0.0495. The summed E-state index contributed by atoms with van der Waals surface area (Å²) in [6, 6.07) is 6.01. The molecule has 1 atom stereocenters. The normalized spacial score (nSPS) is 19.4. The molecule has 4 nitrogen and oxygen atoms in total. The number of carbonyl (C=O) groups is 1. The molecular formula is C13H14N2O2S. The molecule has 0 saturated carbocycles. The van der Waals surface area contributed by atoms with E-state index in [0.29, 0.717) is 5.76 Å². The smallest absolute Gasteiger partial charge is 0.293 e. The van der Waals surface area contributed by atoms with Gasteiger partial charge in [-0.25, -0.2) is 0 Å². The molecule has 1 saturated heterocycles. The number of likely N-dealkylation sites (tertiary alicyclic amines) is 1. The predicted octanol–water partition coefficient (Wildman–Crippen LogP) is 3.02. The molecule has 0 aromatic carbocycles. The maximum Gasteiger partial charge on any atom is 0.293 e. The molecule has 1 aliphatic heterocycles. The zero-order valence-corrected chi connectivity index (χ0v) is 10.9. The van der Waals surface area contributed by atoms with Crippen molar-refractivity contribution in [2.75, 3.05) is 6.54 Å². The molecule has 2 aromatic heterocycles. The van der Waals surface area contributed by atoms with Crippen molar-refractivity contribution in [2.24, 2.45) is 0 Å². The van der Waals surface area contributed by atoms with Gasteiger partial charge in [0.15, 0.2) is 0 Å². The van der Waals surface area contributed by atoms with Crippen molar-refractivity contribution in [1.82, 2.24) is 10.1 Å². The largest absolute Gasteiger partial charge is 0.351 e. The van der Waals surface area contributed by atoms with Crippen LogP contribution in [0, 0.1) is 6.92 Å². The summed E-state index contributed by atoms with van der Waals surface area (Å²) in [7, 11) is 0. The topological polar surface area (TPSA) is 46.3 Å². The van der Waals surface area contributed by atoms with Crippen molar-refractivity contribution in [2.45, 2.75) is 25.8 Å². The van der Waals surface area contributed by atoms with Crippen molar-refractivity contribution >= 4 is 17.2 Å². The van der Waals surface area contributed by atoms with Gasteiger partial charge in [0.1, 0.15) is 0 Å². The van der Waals surface area contributed by atoms with Gasteiger partial charge in [0.25, 0.3) is 5.91 Å². The Balaban J connectivity index is 1.85. The average molecular weight is 262 g/mol. The lowest BCUT2D eigenvalue weighted by molar-refractivity contribution is 0.0695. The number of hydrogen-bond donors (Lipinski definition) is 0. The molecule has 3 heterocycles. The monoisotopic (exact) mass is 262 g/mol. The molecule has 0 unspecified atom stereocenters. The number of aryl methyl sites for hydroxylation is 1. The second-order valence-electron chi connectivity index (χ2n) is 4.50. The summed E-state index contributed by atoms with van der Waals surface area (Å²) in [5, 5.41) is 5.83. The SMILES string of the molecule is Cc1cc(C(=O)N2CCC[C@H]2c2cccs2)on1. The van der Waals surface area contributed by atoms with Crippen molar-refractivity contribution in [3.05, 3.63) is 39.9 Å². The van der Waals surface area contributed by atoms with Crippen molar-refractivity contribution in [3.63, 3.8) is 0 Å². The van der Waals surface area contributed by atoms with E-state index in [9.17, 15) is 4.79 Å². The van der Waals surface area contributed by atoms with Gasteiger partial charge in [0.2, 0.25) is 5.76 Å². The van der Waals surface area contributed by atoms with Crippen LogP contribution in [-0.4, -0.2) is 22.5 Å². The Morgan fingerprint density at radius 2 is 2.50 bits per heavy atom. The van der Waals surface area contributed by atoms with Gasteiger partial charge >= 0.3 is 0 Å². The third-order valence-electron chi connectivity index (χ3n) is 3.22. The summed E-state index contributed by atoms with van der Waals surface area (Å²) >= 11 is 1.70. The van der Waals surface area contributed by atoms with Gasteiger partial charge in [-0.2, -0.15) is 0 Å². The van der Waals surface area contributed by atoms with E-state index in [0.717, 1.165) is 25.1 Å². The first-order valence-corrected chi connectivity index (χ1v) is 6.91. The Hall–Kier alpha value is -1.62. The van der Waals surface area contributed by atoms with Crippen LogP contribution in [0.5, 0.6) is 0 Å². The van der Waals surface area contributed by atoms with Crippen LogP contribution in [0.1, 0.15) is 40.0 Å². The highest BCUT2D eigenvalue weighted by atomic mass is 32.1. The lowest BCUT2D eigenvalue weighted by Crippen LogP contribution is -2.29. The number of thiophene rings is 1. The first-order valence-electron chi connectivity index (χ1n) is 6.03. The maximum atomic E-state index is 12.4. The summed E-state index contributed by atoms with van der Waals surface area (Å²) in [5.41, 5.74) is 0.741. The molecule has 18 heavy (non-hydrogen) atoms. The van der Waals surface area contributed by atoms with Gasteiger partial charge in [-0.3, -0.25) is 4.79 Å². The zero-order chi connectivity index (χ0) is 12.5. The van der Waals surface area contributed by atoms with E-state index >= 15 is 0 Å². The van der Waals surface area contributed by atoms with Crippen molar-refractivity contribution < 1.29 is 9.32 Å². The summed E-state index contributed by atoms with van der Waals surface area (Å²) in [6.45, 7) is 2.61. The van der Waals surface area contributed by atoms with Gasteiger partial charge in [0, 0.05) is 17.5 Å². The Morgan fingerprint density at radius 3 is 3.17 bits per heavy atom. The highest BCUT2D eigenvalue weighted by molar-refractivity contribution is 7.10. The fourth-order valence-electron chi connectivity index (χ4n) is 2.39. The molecule has 0 radical (unpaired) electrons. The molecule has 1 aliphatic rings. The molecule has 0 spiro atoms. The first-order chi connectivity index (χ1) is 8.75. The fraction of sp³-hybridized carbons (Fsp3) is 0.385. The third-order valence-corrected chi connectivity index (χ3v) is 4.20. The molecule has 94 valence electrons. The molecule has 0 aliphatic carbocycles. The number of amides is 1. The predicted molar refractivity (Wildman–Crippen MR) is 68.6 cm³/mol. The number of hydrogen-bond acceptors (Lipinski definition) is 4. The Bertz CT molecular complexity index is 547. The molecule has 5 heteroatoms. The zero-order valence-electron chi connectivity index (χ0n) is 10.1. The van der Waals surface area contributed by atoms with Crippen LogP contribution in [0.4, 0.5) is 0 Å². The van der Waals surface area contributed by atoms with E-state index in [1.807, 2.05) is 17.9 Å². The number of carbonyl (C=O) groups excluding carboxylic acids is 1. The molecule has 3 rings (SSSR count). The second-order valence-corrected chi connectivity index (χ2v) is 5.48. The quantitative estimate of drug-likeness (QED) is 0.835. The van der Waals surface area contributed by atoms with Gasteiger partial charge in [-0.15, -0.1) is 11.3 Å². The van der Waals surface area contributed by atoms with Crippen LogP contribution in [0.15, 0.2) is 28.1 Å². The number of nitrogens with zero attached hydrogens (tertiary/aromatic N) is 2. The lowest BCUT2D eigenvalue weighted by Gasteiger charge is -2.22. The van der Waals surface area contributed by atoms with E-state index in [1.54, 1.807) is 17.4 Å². The first kappa shape index (κ1) is 11.5. The van der Waals surface area contributed by atoms with Crippen LogP contribution in [0.2, 0.25) is 0 Å². The minimum absolute atomic E-state index is 0.0495. The maximum absolute atomic E-state index is 12.4. The van der Waals surface area contributed by atoms with Gasteiger partial charge in [-0.1, -0.05) is 11.2 Å². The van der Waals surface area contributed by atoms with Crippen molar-refractivity contribution in [3.8, 4) is 0 Å². The van der Waals surface area contributed by atoms with Crippen LogP contribution >= 0.6 is 11.3 Å². The summed E-state index contributed by atoms with van der Waals surface area (Å²) in [5.74, 6) is 0.294. The molecular weight excluding hydrogens is 248 g/mol. The average Bonchev–Trinajstić information content (AvgIpc) is 3.08. The Morgan fingerprint density at radius 1 is 1.61 bits per heavy atom. The van der Waals surface area contributed by atoms with Crippen molar-refractivity contribution in [1.29, 1.82) is 0 Å². The lowest BCUT2D eigenvalue weighted by atomic mass is 10.2. The second kappa shape index (κ2) is 4.57. The Kier molecular flexibility index (Phi) is 2.91. The highest BCUT2D eigenvalue weighted by Crippen LogP contribution is 2.35. The summed E-state index contributed by atoms with van der Waals surface area (Å²) < 4.78 is 5.07. The Labute approximate surface area is 109 Å². The van der Waals surface area contributed by atoms with E-state index < -0.39 is 0 Å². The molecule has 0 N–H and O–H groups in total. The standard InChI is InChI=1S/C13H14N2O2S/c1-9-8-11(17-14-9)13(16)15-6-2-4-10(15)12-5-3-7-18-12/h3,5,7-8,10H,2,4,6H2,1H3/t10-/m0/s1. The van der Waals surface area contributed by atoms with E-state index in [2.05, 4.69) is 16.6 Å². The minimum Gasteiger partial charge on any atom is -0.351 e. The van der Waals surface area contributed by atoms with E-state index in [-0.39, 0.29) is 11.9 Å². The van der Waals surface area contributed by atoms with Gasteiger partial charge < -0.3 is 9.42 Å². The van der Waals surface area contributed by atoms with Crippen LogP contribution < -0.4 is 0 Å². The summed E-state index contributed by atoms with van der Waals surface area (Å²) in [4.78, 5) is 15.5. The summed E-state index contributed by atoms with van der Waals surface area (Å²) in [6.07, 6.45) is 2.07.